The van der Waals surface area contributed by atoms with E-state index in [1.807, 2.05) is 60.3 Å². The van der Waals surface area contributed by atoms with Gasteiger partial charge in [0.2, 0.25) is 0 Å². The zero-order valence-electron chi connectivity index (χ0n) is 12.0. The number of fused-ring (bicyclic) bond motifs is 1. The molecule has 3 aromatic rings. The number of carbonyl (C=O) groups excluding carboxylic acids is 1. The fraction of sp³-hybridized carbons (Fsp3) is 0.0556. The summed E-state index contributed by atoms with van der Waals surface area (Å²) < 4.78 is 8.30. The van der Waals surface area contributed by atoms with E-state index < -0.39 is 5.97 Å². The Morgan fingerprint density at radius 1 is 1.14 bits per heavy atom. The maximum absolute atomic E-state index is 11.9. The number of aryl methyl sites for hydroxylation is 1. The lowest BCUT2D eigenvalue weighted by Gasteiger charge is -2.04. The van der Waals surface area contributed by atoms with Crippen LogP contribution in [0.1, 0.15) is 5.69 Å². The molecule has 3 nitrogen and oxygen atoms in total. The van der Waals surface area contributed by atoms with Crippen molar-refractivity contribution in [3.8, 4) is 5.75 Å². The van der Waals surface area contributed by atoms with Crippen molar-refractivity contribution in [2.24, 2.45) is 7.05 Å². The molecule has 1 aromatic heterocycles. The molecular weight excluding hydrogens is 342 g/mol. The first-order chi connectivity index (χ1) is 10.6. The monoisotopic (exact) mass is 355 g/mol. The quantitative estimate of drug-likeness (QED) is 0.391. The molecule has 0 spiro atoms. The highest BCUT2D eigenvalue weighted by Crippen LogP contribution is 2.24. The van der Waals surface area contributed by atoms with Crippen LogP contribution in [0, 0.1) is 0 Å². The van der Waals surface area contributed by atoms with Gasteiger partial charge in [-0.15, -0.1) is 0 Å². The van der Waals surface area contributed by atoms with E-state index in [-0.39, 0.29) is 0 Å². The number of esters is 1. The number of hydrogen-bond acceptors (Lipinski definition) is 2. The van der Waals surface area contributed by atoms with Gasteiger partial charge in [-0.1, -0.05) is 28.1 Å². The molecule has 0 saturated heterocycles. The maximum Gasteiger partial charge on any atom is 0.336 e. The zero-order chi connectivity index (χ0) is 15.5. The minimum absolute atomic E-state index is 0.391. The molecule has 0 atom stereocenters. The highest BCUT2D eigenvalue weighted by atomic mass is 79.9. The van der Waals surface area contributed by atoms with Crippen LogP contribution in [0.15, 0.2) is 65.3 Å². The van der Waals surface area contributed by atoms with Gasteiger partial charge in [0.25, 0.3) is 0 Å². The van der Waals surface area contributed by atoms with Gasteiger partial charge in [0, 0.05) is 29.5 Å². The SMILES string of the molecule is Cn1cccc1C=CC(=O)Oc1ccc2cc(Br)ccc2c1. The predicted molar refractivity (Wildman–Crippen MR) is 91.7 cm³/mol. The molecule has 0 saturated carbocycles. The van der Waals surface area contributed by atoms with Gasteiger partial charge in [-0.2, -0.15) is 0 Å². The third-order valence-electron chi connectivity index (χ3n) is 3.37. The van der Waals surface area contributed by atoms with Crippen molar-refractivity contribution in [1.29, 1.82) is 0 Å². The Morgan fingerprint density at radius 2 is 1.91 bits per heavy atom. The zero-order valence-corrected chi connectivity index (χ0v) is 13.6. The summed E-state index contributed by atoms with van der Waals surface area (Å²) in [7, 11) is 1.92. The van der Waals surface area contributed by atoms with Crippen molar-refractivity contribution in [3.63, 3.8) is 0 Å². The van der Waals surface area contributed by atoms with Crippen molar-refractivity contribution >= 4 is 38.7 Å². The third kappa shape index (κ3) is 3.28. The Hall–Kier alpha value is -2.33. The molecule has 0 aliphatic carbocycles. The number of carbonyl (C=O) groups is 1. The second kappa shape index (κ2) is 6.20. The number of benzene rings is 2. The average Bonchev–Trinajstić information content (AvgIpc) is 2.91. The fourth-order valence-corrected chi connectivity index (χ4v) is 2.59. The third-order valence-corrected chi connectivity index (χ3v) is 3.86. The summed E-state index contributed by atoms with van der Waals surface area (Å²) >= 11 is 3.44. The minimum atomic E-state index is -0.391. The van der Waals surface area contributed by atoms with Crippen LogP contribution in [-0.4, -0.2) is 10.5 Å². The molecule has 1 heterocycles. The number of hydrogen-bond donors (Lipinski definition) is 0. The highest BCUT2D eigenvalue weighted by molar-refractivity contribution is 9.10. The van der Waals surface area contributed by atoms with E-state index in [1.165, 1.54) is 6.08 Å². The van der Waals surface area contributed by atoms with Crippen LogP contribution >= 0.6 is 15.9 Å². The van der Waals surface area contributed by atoms with Crippen molar-refractivity contribution in [2.45, 2.75) is 0 Å². The summed E-state index contributed by atoms with van der Waals surface area (Å²) in [5, 5.41) is 2.12. The minimum Gasteiger partial charge on any atom is -0.423 e. The molecule has 0 aliphatic heterocycles. The molecule has 2 aromatic carbocycles. The molecule has 0 amide bonds. The number of ether oxygens (including phenoxy) is 1. The Kier molecular flexibility index (Phi) is 4.11. The second-order valence-electron chi connectivity index (χ2n) is 4.95. The lowest BCUT2D eigenvalue weighted by atomic mass is 10.1. The van der Waals surface area contributed by atoms with Gasteiger partial charge in [0.05, 0.1) is 0 Å². The number of halogens is 1. The van der Waals surface area contributed by atoms with Gasteiger partial charge in [-0.05, 0) is 53.2 Å². The Labute approximate surface area is 137 Å². The first-order valence-corrected chi connectivity index (χ1v) is 7.62. The van der Waals surface area contributed by atoms with Crippen LogP contribution in [0.5, 0.6) is 5.75 Å². The second-order valence-corrected chi connectivity index (χ2v) is 5.87. The lowest BCUT2D eigenvalue weighted by molar-refractivity contribution is -0.128. The molecule has 3 rings (SSSR count). The van der Waals surface area contributed by atoms with Crippen molar-refractivity contribution in [3.05, 3.63) is 71.0 Å². The molecular formula is C18H14BrNO2. The van der Waals surface area contributed by atoms with E-state index in [9.17, 15) is 4.79 Å². The standard InChI is InChI=1S/C18H14BrNO2/c1-20-10-2-3-16(20)7-9-18(21)22-17-8-5-13-11-15(19)6-4-14(13)12-17/h2-12H,1H3. The van der Waals surface area contributed by atoms with Gasteiger partial charge < -0.3 is 9.30 Å². The molecule has 0 unspecified atom stereocenters. The van der Waals surface area contributed by atoms with E-state index in [4.69, 9.17) is 4.74 Å². The van der Waals surface area contributed by atoms with Crippen LogP contribution in [0.4, 0.5) is 0 Å². The van der Waals surface area contributed by atoms with Gasteiger partial charge in [-0.25, -0.2) is 4.79 Å². The summed E-state index contributed by atoms with van der Waals surface area (Å²) in [6.45, 7) is 0. The molecule has 22 heavy (non-hydrogen) atoms. The average molecular weight is 356 g/mol. The van der Waals surface area contributed by atoms with Gasteiger partial charge in [0.1, 0.15) is 5.75 Å². The van der Waals surface area contributed by atoms with Crippen LogP contribution in [0.25, 0.3) is 16.8 Å². The summed E-state index contributed by atoms with van der Waals surface area (Å²) in [6, 6.07) is 15.4. The van der Waals surface area contributed by atoms with E-state index in [0.717, 1.165) is 20.9 Å². The molecule has 110 valence electrons. The van der Waals surface area contributed by atoms with E-state index in [0.29, 0.717) is 5.75 Å². The Balaban J connectivity index is 1.75. The number of aromatic nitrogens is 1. The normalized spacial score (nSPS) is 11.2. The van der Waals surface area contributed by atoms with Crippen molar-refractivity contribution in [1.82, 2.24) is 4.57 Å². The van der Waals surface area contributed by atoms with Gasteiger partial charge in [0.15, 0.2) is 0 Å². The fourth-order valence-electron chi connectivity index (χ4n) is 2.21. The first-order valence-electron chi connectivity index (χ1n) is 6.82. The summed E-state index contributed by atoms with van der Waals surface area (Å²) in [5.41, 5.74) is 0.945. The lowest BCUT2D eigenvalue weighted by Crippen LogP contribution is -2.03. The number of nitrogens with zero attached hydrogens (tertiary/aromatic N) is 1. The van der Waals surface area contributed by atoms with Crippen LogP contribution in [0.2, 0.25) is 0 Å². The van der Waals surface area contributed by atoms with Gasteiger partial charge in [-0.3, -0.25) is 0 Å². The number of rotatable bonds is 3. The molecule has 4 heteroatoms. The molecule has 0 fully saturated rings. The van der Waals surface area contributed by atoms with Crippen LogP contribution < -0.4 is 4.74 Å². The predicted octanol–water partition coefficient (Wildman–Crippen LogP) is 4.56. The Bertz CT molecular complexity index is 864. The van der Waals surface area contributed by atoms with Crippen molar-refractivity contribution < 1.29 is 9.53 Å². The summed E-state index contributed by atoms with van der Waals surface area (Å²) in [4.78, 5) is 11.9. The largest absolute Gasteiger partial charge is 0.423 e. The maximum atomic E-state index is 11.9. The van der Waals surface area contributed by atoms with E-state index >= 15 is 0 Å². The van der Waals surface area contributed by atoms with E-state index in [1.54, 1.807) is 12.1 Å². The smallest absolute Gasteiger partial charge is 0.336 e. The van der Waals surface area contributed by atoms with Crippen LogP contribution in [0.3, 0.4) is 0 Å². The van der Waals surface area contributed by atoms with E-state index in [2.05, 4.69) is 15.9 Å². The first kappa shape index (κ1) is 14.6. The highest BCUT2D eigenvalue weighted by Gasteiger charge is 2.03. The van der Waals surface area contributed by atoms with Crippen molar-refractivity contribution in [2.75, 3.05) is 0 Å². The topological polar surface area (TPSA) is 31.2 Å². The molecule has 0 radical (unpaired) electrons. The summed E-state index contributed by atoms with van der Waals surface area (Å²) in [6.07, 6.45) is 5.09. The molecule has 0 N–H and O–H groups in total. The van der Waals surface area contributed by atoms with Gasteiger partial charge >= 0.3 is 5.97 Å². The Morgan fingerprint density at radius 3 is 2.68 bits per heavy atom. The van der Waals surface area contributed by atoms with Crippen LogP contribution in [-0.2, 0) is 11.8 Å². The summed E-state index contributed by atoms with van der Waals surface area (Å²) in [5.74, 6) is 0.147. The molecule has 0 aliphatic rings. The molecule has 0 bridgehead atoms.